The van der Waals surface area contributed by atoms with Crippen molar-refractivity contribution in [1.29, 1.82) is 0 Å². The molecule has 1 aliphatic rings. The van der Waals surface area contributed by atoms with Crippen LogP contribution in [0.15, 0.2) is 42.0 Å². The standard InChI is InChI=1S/C31H50N4O9/c1-2-3-4-5-6-7-8-9-10-11-12-13-14-15-28(37)26(20-32-25-18-22(21-36)29(38)31(40)30(25)39)33-24-17-16-23(34(41)42)19-27(24)35(43)44/h14-19,25-26,28-33,36-40H,2-13,20-21H2,1H3/b15-14+/t25?,26?,28-,29?,30+,31?/m1/s1. The lowest BCUT2D eigenvalue weighted by atomic mass is 9.88. The normalized spacial score (nSPS) is 21.6. The van der Waals surface area contributed by atoms with E-state index in [1.165, 1.54) is 63.5 Å². The molecule has 1 aromatic carbocycles. The Labute approximate surface area is 259 Å². The van der Waals surface area contributed by atoms with E-state index in [1.54, 1.807) is 6.08 Å². The van der Waals surface area contributed by atoms with Crippen molar-refractivity contribution in [2.75, 3.05) is 18.5 Å². The summed E-state index contributed by atoms with van der Waals surface area (Å²) in [5.41, 5.74) is -0.927. The quantitative estimate of drug-likeness (QED) is 0.0427. The molecule has 1 aliphatic carbocycles. The van der Waals surface area contributed by atoms with Gasteiger partial charge < -0.3 is 36.2 Å². The third kappa shape index (κ3) is 12.2. The summed E-state index contributed by atoms with van der Waals surface area (Å²) in [4.78, 5) is 21.3. The number of anilines is 1. The fourth-order valence-electron chi connectivity index (χ4n) is 5.30. The van der Waals surface area contributed by atoms with E-state index in [1.807, 2.05) is 6.08 Å². The van der Waals surface area contributed by atoms with Crippen molar-refractivity contribution >= 4 is 17.1 Å². The molecule has 0 radical (unpaired) electrons. The fraction of sp³-hybridized carbons (Fsp3) is 0.677. The molecular formula is C31H50N4O9. The Kier molecular flexibility index (Phi) is 17.1. The molecule has 0 fully saturated rings. The third-order valence-electron chi connectivity index (χ3n) is 8.02. The summed E-state index contributed by atoms with van der Waals surface area (Å²) in [5.74, 6) is 0. The average Bonchev–Trinajstić information content (AvgIpc) is 3.00. The van der Waals surface area contributed by atoms with E-state index >= 15 is 0 Å². The number of allylic oxidation sites excluding steroid dienone is 1. The molecule has 44 heavy (non-hydrogen) atoms. The summed E-state index contributed by atoms with van der Waals surface area (Å²) < 4.78 is 0. The maximum Gasteiger partial charge on any atom is 0.299 e. The molecule has 0 aliphatic heterocycles. The Morgan fingerprint density at radius 3 is 2.09 bits per heavy atom. The van der Waals surface area contributed by atoms with E-state index in [0.717, 1.165) is 37.8 Å². The third-order valence-corrected chi connectivity index (χ3v) is 8.02. The van der Waals surface area contributed by atoms with Gasteiger partial charge in [-0.2, -0.15) is 0 Å². The lowest BCUT2D eigenvalue weighted by molar-refractivity contribution is -0.393. The van der Waals surface area contributed by atoms with Crippen LogP contribution in [0.2, 0.25) is 0 Å². The van der Waals surface area contributed by atoms with Gasteiger partial charge in [-0.3, -0.25) is 20.2 Å². The van der Waals surface area contributed by atoms with Crippen LogP contribution in [0.1, 0.15) is 84.0 Å². The minimum Gasteiger partial charge on any atom is -0.392 e. The SMILES string of the molecule is CCCCCCCCCCCCC/C=C/[C@@H](O)C(CNC1C=C(CO)C(O)C(O)[C@H]1O)Nc1ccc([N+](=O)[O-])cc1[N+](=O)[O-]. The van der Waals surface area contributed by atoms with Gasteiger partial charge in [-0.15, -0.1) is 0 Å². The Hall–Kier alpha value is -2.94. The number of benzene rings is 1. The molecule has 4 unspecified atom stereocenters. The van der Waals surface area contributed by atoms with Crippen molar-refractivity contribution in [3.63, 3.8) is 0 Å². The van der Waals surface area contributed by atoms with Gasteiger partial charge in [0.25, 0.3) is 11.4 Å². The van der Waals surface area contributed by atoms with Crippen LogP contribution in [-0.4, -0.2) is 85.0 Å². The molecule has 0 heterocycles. The van der Waals surface area contributed by atoms with Crippen LogP contribution in [0.4, 0.5) is 17.1 Å². The summed E-state index contributed by atoms with van der Waals surface area (Å²) >= 11 is 0. The number of non-ortho nitro benzene ring substituents is 1. The molecule has 6 atom stereocenters. The van der Waals surface area contributed by atoms with Crippen LogP contribution < -0.4 is 10.6 Å². The van der Waals surface area contributed by atoms with Crippen molar-refractivity contribution in [1.82, 2.24) is 5.32 Å². The molecule has 2 rings (SSSR count). The molecule has 0 saturated carbocycles. The highest BCUT2D eigenvalue weighted by Crippen LogP contribution is 2.30. The Balaban J connectivity index is 2.01. The monoisotopic (exact) mass is 622 g/mol. The zero-order chi connectivity index (χ0) is 32.5. The van der Waals surface area contributed by atoms with Gasteiger partial charge in [0.1, 0.15) is 24.0 Å². The van der Waals surface area contributed by atoms with Gasteiger partial charge >= 0.3 is 0 Å². The van der Waals surface area contributed by atoms with E-state index < -0.39 is 64.3 Å². The molecule has 0 amide bonds. The maximum absolute atomic E-state index is 11.7. The van der Waals surface area contributed by atoms with Crippen molar-refractivity contribution in [3.05, 3.63) is 62.2 Å². The number of rotatable bonds is 22. The number of nitro benzene ring substituents is 2. The van der Waals surface area contributed by atoms with Crippen LogP contribution in [0.5, 0.6) is 0 Å². The maximum atomic E-state index is 11.7. The van der Waals surface area contributed by atoms with Crippen LogP contribution in [-0.2, 0) is 0 Å². The zero-order valence-corrected chi connectivity index (χ0v) is 25.6. The molecule has 13 heteroatoms. The number of nitrogens with zero attached hydrogens (tertiary/aromatic N) is 2. The van der Waals surface area contributed by atoms with Crippen molar-refractivity contribution in [2.45, 2.75) is 120 Å². The molecule has 0 aromatic heterocycles. The molecule has 7 N–H and O–H groups in total. The molecule has 0 bridgehead atoms. The van der Waals surface area contributed by atoms with E-state index in [4.69, 9.17) is 0 Å². The summed E-state index contributed by atoms with van der Waals surface area (Å²) in [6, 6.07) is 1.35. The van der Waals surface area contributed by atoms with E-state index in [9.17, 15) is 45.8 Å². The highest BCUT2D eigenvalue weighted by atomic mass is 16.6. The number of hydrogen-bond donors (Lipinski definition) is 7. The molecule has 1 aromatic rings. The minimum absolute atomic E-state index is 0.0450. The van der Waals surface area contributed by atoms with Crippen molar-refractivity contribution in [2.24, 2.45) is 0 Å². The number of hydrogen-bond acceptors (Lipinski definition) is 11. The van der Waals surface area contributed by atoms with Gasteiger partial charge in [0, 0.05) is 12.6 Å². The van der Waals surface area contributed by atoms with Crippen LogP contribution in [0, 0.1) is 20.2 Å². The predicted octanol–water partition coefficient (Wildman–Crippen LogP) is 3.87. The zero-order valence-electron chi connectivity index (χ0n) is 25.6. The number of unbranched alkanes of at least 4 members (excludes halogenated alkanes) is 11. The second kappa shape index (κ2) is 20.2. The van der Waals surface area contributed by atoms with Gasteiger partial charge in [0.2, 0.25) is 0 Å². The number of aliphatic hydroxyl groups excluding tert-OH is 5. The largest absolute Gasteiger partial charge is 0.392 e. The van der Waals surface area contributed by atoms with Crippen LogP contribution in [0.3, 0.4) is 0 Å². The summed E-state index contributed by atoms with van der Waals surface area (Å²) in [6.07, 6.45) is 13.4. The first-order valence-electron chi connectivity index (χ1n) is 15.7. The van der Waals surface area contributed by atoms with Crippen molar-refractivity contribution < 1.29 is 35.4 Å². The number of nitrogens with one attached hydrogen (secondary N) is 2. The van der Waals surface area contributed by atoms with Gasteiger partial charge in [-0.05, 0) is 24.5 Å². The van der Waals surface area contributed by atoms with Gasteiger partial charge in [0.15, 0.2) is 0 Å². The van der Waals surface area contributed by atoms with Gasteiger partial charge in [-0.25, -0.2) is 0 Å². The second-order valence-electron chi connectivity index (χ2n) is 11.5. The molecule has 0 spiro atoms. The first kappa shape index (κ1) is 37.2. The fourth-order valence-corrected chi connectivity index (χ4v) is 5.30. The van der Waals surface area contributed by atoms with Crippen LogP contribution >= 0.6 is 0 Å². The predicted molar refractivity (Wildman–Crippen MR) is 168 cm³/mol. The van der Waals surface area contributed by atoms with E-state index in [-0.39, 0.29) is 17.8 Å². The van der Waals surface area contributed by atoms with Gasteiger partial charge in [-0.1, -0.05) is 89.4 Å². The summed E-state index contributed by atoms with van der Waals surface area (Å²) in [5, 5.41) is 79.9. The van der Waals surface area contributed by atoms with Crippen molar-refractivity contribution in [3.8, 4) is 0 Å². The highest BCUT2D eigenvalue weighted by Gasteiger charge is 2.37. The summed E-state index contributed by atoms with van der Waals surface area (Å²) in [6.45, 7) is 1.61. The summed E-state index contributed by atoms with van der Waals surface area (Å²) in [7, 11) is 0. The van der Waals surface area contributed by atoms with E-state index in [2.05, 4.69) is 17.6 Å². The Bertz CT molecular complexity index is 1080. The number of aliphatic hydroxyl groups is 5. The second-order valence-corrected chi connectivity index (χ2v) is 11.5. The Morgan fingerprint density at radius 2 is 1.52 bits per heavy atom. The molecular weight excluding hydrogens is 572 g/mol. The van der Waals surface area contributed by atoms with E-state index in [0.29, 0.717) is 0 Å². The lowest BCUT2D eigenvalue weighted by Crippen LogP contribution is -2.56. The van der Waals surface area contributed by atoms with Gasteiger partial charge in [0.05, 0.1) is 40.7 Å². The smallest absolute Gasteiger partial charge is 0.299 e. The van der Waals surface area contributed by atoms with Crippen LogP contribution in [0.25, 0.3) is 0 Å². The molecule has 13 nitrogen and oxygen atoms in total. The minimum atomic E-state index is -1.56. The Morgan fingerprint density at radius 1 is 0.909 bits per heavy atom. The average molecular weight is 623 g/mol. The molecule has 0 saturated heterocycles. The topological polar surface area (TPSA) is 211 Å². The lowest BCUT2D eigenvalue weighted by Gasteiger charge is -2.35. The number of nitro groups is 2. The highest BCUT2D eigenvalue weighted by molar-refractivity contribution is 5.65. The first-order valence-corrected chi connectivity index (χ1v) is 15.7. The molecule has 248 valence electrons. The first-order chi connectivity index (χ1) is 21.1.